The molecule has 24 heavy (non-hydrogen) atoms. The monoisotopic (exact) mass is 355 g/mol. The molecule has 1 spiro atoms. The van der Waals surface area contributed by atoms with Crippen molar-refractivity contribution in [1.29, 1.82) is 0 Å². The van der Waals surface area contributed by atoms with E-state index in [-0.39, 0.29) is 18.5 Å². The summed E-state index contributed by atoms with van der Waals surface area (Å²) in [4.78, 5) is 12.5. The summed E-state index contributed by atoms with van der Waals surface area (Å²) in [5.41, 5.74) is -0.0187. The summed E-state index contributed by atoms with van der Waals surface area (Å²) in [6, 6.07) is 7.37. The number of benzene rings is 1. The van der Waals surface area contributed by atoms with Crippen LogP contribution in [0.2, 0.25) is 0 Å². The number of hydrogen-bond donors (Lipinski definition) is 1. The average molecular weight is 356 g/mol. The van der Waals surface area contributed by atoms with Gasteiger partial charge in [0.25, 0.3) is 0 Å². The number of aliphatic hydroxyl groups is 1. The fraction of sp³-hybridized carbons (Fsp3) is 0.611. The molecule has 2 atom stereocenters. The molecule has 0 radical (unpaired) electrons. The molecule has 1 aromatic carbocycles. The van der Waals surface area contributed by atoms with Gasteiger partial charge in [-0.2, -0.15) is 0 Å². The van der Waals surface area contributed by atoms with E-state index in [1.54, 1.807) is 6.07 Å². The van der Waals surface area contributed by atoms with Crippen molar-refractivity contribution < 1.29 is 36.3 Å². The molecule has 0 aliphatic carbocycles. The molecule has 2 aliphatic heterocycles. The number of carbonyl (C=O) groups is 1. The molecule has 1 aromatic rings. The molecule has 2 unspecified atom stereocenters. The minimum absolute atomic E-state index is 0. The van der Waals surface area contributed by atoms with Crippen molar-refractivity contribution in [2.24, 2.45) is 0 Å². The van der Waals surface area contributed by atoms with Gasteiger partial charge < -0.3 is 31.5 Å². The van der Waals surface area contributed by atoms with E-state index in [0.29, 0.717) is 5.56 Å². The molecule has 2 fully saturated rings. The number of halogens is 1. The smallest absolute Gasteiger partial charge is 0.343 e. The zero-order chi connectivity index (χ0) is 16.5. The lowest BCUT2D eigenvalue weighted by molar-refractivity contribution is -0.925. The number of esters is 1. The van der Waals surface area contributed by atoms with Crippen LogP contribution >= 0.6 is 0 Å². The number of hydrogen-bond acceptors (Lipinski definition) is 4. The topological polar surface area (TPSA) is 55.8 Å². The van der Waals surface area contributed by atoms with Crippen molar-refractivity contribution in [2.75, 3.05) is 39.4 Å². The van der Waals surface area contributed by atoms with Crippen LogP contribution in [0, 0.1) is 6.92 Å². The van der Waals surface area contributed by atoms with Crippen LogP contribution in [-0.4, -0.2) is 61.1 Å². The van der Waals surface area contributed by atoms with Gasteiger partial charge in [0.05, 0.1) is 19.8 Å². The second-order valence-corrected chi connectivity index (χ2v) is 7.07. The molecular weight excluding hydrogens is 330 g/mol. The van der Waals surface area contributed by atoms with Crippen LogP contribution in [0.4, 0.5) is 0 Å². The van der Waals surface area contributed by atoms with Crippen molar-refractivity contribution in [1.82, 2.24) is 0 Å². The van der Waals surface area contributed by atoms with Crippen LogP contribution in [0.25, 0.3) is 0 Å². The first-order valence-corrected chi connectivity index (χ1v) is 8.35. The van der Waals surface area contributed by atoms with E-state index in [2.05, 4.69) is 0 Å². The van der Waals surface area contributed by atoms with Crippen molar-refractivity contribution in [3.63, 3.8) is 0 Å². The highest BCUT2D eigenvalue weighted by atomic mass is 35.5. The van der Waals surface area contributed by atoms with E-state index in [0.717, 1.165) is 55.9 Å². The normalized spacial score (nSPS) is 24.9. The fourth-order valence-electron chi connectivity index (χ4n) is 3.60. The zero-order valence-electron chi connectivity index (χ0n) is 14.3. The van der Waals surface area contributed by atoms with Gasteiger partial charge in [-0.05, 0) is 19.4 Å². The van der Waals surface area contributed by atoms with E-state index in [1.807, 2.05) is 25.1 Å². The van der Waals surface area contributed by atoms with Crippen LogP contribution in [0.1, 0.15) is 24.5 Å². The number of quaternary nitrogens is 1. The summed E-state index contributed by atoms with van der Waals surface area (Å²) in [7, 11) is 0. The van der Waals surface area contributed by atoms with E-state index in [1.165, 1.54) is 6.92 Å². The minimum Gasteiger partial charge on any atom is -1.00 e. The summed E-state index contributed by atoms with van der Waals surface area (Å²) in [6.45, 7) is 8.84. The molecule has 2 heterocycles. The van der Waals surface area contributed by atoms with Gasteiger partial charge in [0.15, 0.2) is 11.7 Å². The molecule has 6 heteroatoms. The molecule has 5 nitrogen and oxygen atoms in total. The molecule has 0 bridgehead atoms. The predicted octanol–water partition coefficient (Wildman–Crippen LogP) is -1.63. The van der Waals surface area contributed by atoms with E-state index in [9.17, 15) is 9.90 Å². The third kappa shape index (κ3) is 3.91. The van der Waals surface area contributed by atoms with Crippen LogP contribution in [-0.2, 0) is 19.9 Å². The third-order valence-corrected chi connectivity index (χ3v) is 5.19. The summed E-state index contributed by atoms with van der Waals surface area (Å²) in [6.07, 6.45) is 0.743. The number of nitrogens with zero attached hydrogens (tertiary/aromatic N) is 1. The highest BCUT2D eigenvalue weighted by Crippen LogP contribution is 2.28. The molecule has 2 aliphatic rings. The van der Waals surface area contributed by atoms with Gasteiger partial charge in [-0.25, -0.2) is 4.79 Å². The standard InChI is InChI=1S/C18H26NO4.ClH/c1-14-4-3-5-15(12-14)18(2,21)17(20)23-16-6-7-19(13-16)8-10-22-11-9-19;/h3-5,12,16,21H,6-11,13H2,1-2H3;1H/q+1;/p-1. The van der Waals surface area contributed by atoms with Gasteiger partial charge in [-0.1, -0.05) is 29.8 Å². The second kappa shape index (κ2) is 7.40. The lowest BCUT2D eigenvalue weighted by atomic mass is 9.95. The summed E-state index contributed by atoms with van der Waals surface area (Å²) in [5, 5.41) is 10.6. The first-order chi connectivity index (χ1) is 10.9. The highest BCUT2D eigenvalue weighted by molar-refractivity contribution is 5.80. The number of rotatable bonds is 3. The van der Waals surface area contributed by atoms with Crippen LogP contribution in [0.15, 0.2) is 24.3 Å². The van der Waals surface area contributed by atoms with E-state index < -0.39 is 11.6 Å². The van der Waals surface area contributed by atoms with Gasteiger partial charge in [-0.3, -0.25) is 0 Å². The number of carbonyl (C=O) groups excluding carboxylic acids is 1. The predicted molar refractivity (Wildman–Crippen MR) is 85.8 cm³/mol. The Balaban J connectivity index is 0.00000208. The van der Waals surface area contributed by atoms with Crippen LogP contribution in [0.3, 0.4) is 0 Å². The Morgan fingerprint density at radius 1 is 1.33 bits per heavy atom. The maximum atomic E-state index is 12.5. The number of ether oxygens (including phenoxy) is 2. The molecule has 0 saturated carbocycles. The van der Waals surface area contributed by atoms with Crippen molar-refractivity contribution in [2.45, 2.75) is 32.0 Å². The fourth-order valence-corrected chi connectivity index (χ4v) is 3.60. The molecule has 134 valence electrons. The van der Waals surface area contributed by atoms with E-state index >= 15 is 0 Å². The first kappa shape index (κ1) is 19.2. The second-order valence-electron chi connectivity index (χ2n) is 7.07. The van der Waals surface area contributed by atoms with Crippen LogP contribution in [0.5, 0.6) is 0 Å². The summed E-state index contributed by atoms with van der Waals surface area (Å²) >= 11 is 0. The number of morpholine rings is 1. The zero-order valence-corrected chi connectivity index (χ0v) is 15.1. The summed E-state index contributed by atoms with van der Waals surface area (Å²) in [5.74, 6) is -0.554. The lowest BCUT2D eigenvalue weighted by Crippen LogP contribution is -3.00. The maximum absolute atomic E-state index is 12.5. The quantitative estimate of drug-likeness (QED) is 0.522. The largest absolute Gasteiger partial charge is 1.00 e. The third-order valence-electron chi connectivity index (χ3n) is 5.19. The molecule has 3 rings (SSSR count). The van der Waals surface area contributed by atoms with Gasteiger partial charge in [-0.15, -0.1) is 0 Å². The van der Waals surface area contributed by atoms with Gasteiger partial charge in [0, 0.05) is 6.42 Å². The van der Waals surface area contributed by atoms with Gasteiger partial charge in [0.2, 0.25) is 0 Å². The first-order valence-electron chi connectivity index (χ1n) is 8.35. The Morgan fingerprint density at radius 3 is 2.71 bits per heavy atom. The van der Waals surface area contributed by atoms with Crippen molar-refractivity contribution in [3.05, 3.63) is 35.4 Å². The van der Waals surface area contributed by atoms with Gasteiger partial charge in [0.1, 0.15) is 19.6 Å². The summed E-state index contributed by atoms with van der Waals surface area (Å²) < 4.78 is 12.1. The van der Waals surface area contributed by atoms with Crippen molar-refractivity contribution >= 4 is 5.97 Å². The lowest BCUT2D eigenvalue weighted by Gasteiger charge is -2.37. The molecule has 2 saturated heterocycles. The van der Waals surface area contributed by atoms with Crippen LogP contribution < -0.4 is 12.4 Å². The average Bonchev–Trinajstić information content (AvgIpc) is 2.90. The Bertz CT molecular complexity index is 584. The Morgan fingerprint density at radius 2 is 2.04 bits per heavy atom. The Labute approximate surface area is 149 Å². The van der Waals surface area contributed by atoms with Crippen molar-refractivity contribution in [3.8, 4) is 0 Å². The molecule has 0 amide bonds. The van der Waals surface area contributed by atoms with Gasteiger partial charge >= 0.3 is 5.97 Å². The maximum Gasteiger partial charge on any atom is 0.343 e. The minimum atomic E-state index is -1.61. The van der Waals surface area contributed by atoms with E-state index in [4.69, 9.17) is 9.47 Å². The molecule has 1 N–H and O–H groups in total. The number of aryl methyl sites for hydroxylation is 1. The Kier molecular flexibility index (Phi) is 5.91. The molecular formula is C18H26ClNO4. The highest BCUT2D eigenvalue weighted by Gasteiger charge is 2.43. The molecule has 0 aromatic heterocycles. The SMILES string of the molecule is Cc1cccc(C(C)(O)C(=O)OC2CC[N+]3(CCOCC3)C2)c1.[Cl-]. The Hall–Kier alpha value is -1.14.